The Morgan fingerprint density at radius 2 is 2.05 bits per heavy atom. The van der Waals surface area contributed by atoms with Crippen molar-refractivity contribution in [2.75, 3.05) is 44.7 Å². The lowest BCUT2D eigenvalue weighted by Gasteiger charge is -2.38. The van der Waals surface area contributed by atoms with Crippen molar-refractivity contribution in [2.24, 2.45) is 0 Å². The van der Waals surface area contributed by atoms with Crippen molar-refractivity contribution >= 4 is 11.6 Å². The van der Waals surface area contributed by atoms with E-state index in [-0.39, 0.29) is 5.91 Å². The SMILES string of the molecule is CNC(=O)c1cc(N2CCN(CC(C)(C)O)CC2)ccn1. The van der Waals surface area contributed by atoms with E-state index < -0.39 is 5.60 Å². The molecular weight excluding hydrogens is 268 g/mol. The maximum Gasteiger partial charge on any atom is 0.269 e. The molecule has 0 radical (unpaired) electrons. The Kier molecular flexibility index (Phi) is 4.80. The predicted molar refractivity (Wildman–Crippen MR) is 82.6 cm³/mol. The second-order valence-electron chi connectivity index (χ2n) is 6.05. The van der Waals surface area contributed by atoms with Crippen LogP contribution in [-0.2, 0) is 0 Å². The lowest BCUT2D eigenvalue weighted by Crippen LogP contribution is -2.50. The summed E-state index contributed by atoms with van der Waals surface area (Å²) in [7, 11) is 1.60. The van der Waals surface area contributed by atoms with Crippen LogP contribution < -0.4 is 10.2 Å². The number of aliphatic hydroxyl groups is 1. The molecule has 2 N–H and O–H groups in total. The van der Waals surface area contributed by atoms with Gasteiger partial charge in [-0.15, -0.1) is 0 Å². The topological polar surface area (TPSA) is 68.7 Å². The van der Waals surface area contributed by atoms with E-state index in [2.05, 4.69) is 20.1 Å². The summed E-state index contributed by atoms with van der Waals surface area (Å²) >= 11 is 0. The number of amides is 1. The molecule has 2 heterocycles. The summed E-state index contributed by atoms with van der Waals surface area (Å²) < 4.78 is 0. The number of carbonyl (C=O) groups is 1. The monoisotopic (exact) mass is 292 g/mol. The number of pyridine rings is 1. The van der Waals surface area contributed by atoms with E-state index in [9.17, 15) is 9.90 Å². The standard InChI is InChI=1S/C15H24N4O2/c1-15(2,21)11-18-6-8-19(9-7-18)12-4-5-17-13(10-12)14(20)16-3/h4-5,10,21H,6-9,11H2,1-3H3,(H,16,20). The molecule has 1 aliphatic rings. The third kappa shape index (κ3) is 4.41. The van der Waals surface area contributed by atoms with Crippen LogP contribution >= 0.6 is 0 Å². The average Bonchev–Trinajstić information content (AvgIpc) is 2.45. The first kappa shape index (κ1) is 15.7. The molecule has 6 nitrogen and oxygen atoms in total. The Morgan fingerprint density at radius 3 is 2.62 bits per heavy atom. The van der Waals surface area contributed by atoms with Crippen molar-refractivity contribution in [1.29, 1.82) is 0 Å². The molecule has 0 unspecified atom stereocenters. The third-order valence-electron chi connectivity index (χ3n) is 3.55. The van der Waals surface area contributed by atoms with Crippen molar-refractivity contribution < 1.29 is 9.90 Å². The first-order chi connectivity index (χ1) is 9.89. The maximum atomic E-state index is 11.6. The van der Waals surface area contributed by atoms with Crippen LogP contribution in [-0.4, -0.2) is 66.3 Å². The normalized spacial score (nSPS) is 16.9. The number of nitrogens with one attached hydrogen (secondary N) is 1. The van der Waals surface area contributed by atoms with Gasteiger partial charge in [-0.3, -0.25) is 14.7 Å². The molecule has 0 aromatic carbocycles. The van der Waals surface area contributed by atoms with Crippen molar-refractivity contribution in [3.63, 3.8) is 0 Å². The molecule has 116 valence electrons. The second kappa shape index (κ2) is 6.41. The van der Waals surface area contributed by atoms with Crippen LogP contribution in [0.25, 0.3) is 0 Å². The predicted octanol–water partition coefficient (Wildman–Crippen LogP) is 0.334. The Bertz CT molecular complexity index is 491. The highest BCUT2D eigenvalue weighted by Gasteiger charge is 2.23. The van der Waals surface area contributed by atoms with Crippen LogP contribution in [0.5, 0.6) is 0 Å². The molecule has 1 aliphatic heterocycles. The van der Waals surface area contributed by atoms with E-state index in [0.29, 0.717) is 12.2 Å². The molecular formula is C15H24N4O2. The van der Waals surface area contributed by atoms with Gasteiger partial charge in [0.25, 0.3) is 5.91 Å². The van der Waals surface area contributed by atoms with E-state index in [1.807, 2.05) is 26.0 Å². The molecule has 0 bridgehead atoms. The summed E-state index contributed by atoms with van der Waals surface area (Å²) in [5, 5.41) is 12.5. The third-order valence-corrected chi connectivity index (χ3v) is 3.55. The number of nitrogens with zero attached hydrogens (tertiary/aromatic N) is 3. The maximum absolute atomic E-state index is 11.6. The number of carbonyl (C=O) groups excluding carboxylic acids is 1. The molecule has 0 saturated carbocycles. The van der Waals surface area contributed by atoms with Gasteiger partial charge < -0.3 is 15.3 Å². The average molecular weight is 292 g/mol. The summed E-state index contributed by atoms with van der Waals surface area (Å²) in [5.74, 6) is -0.169. The molecule has 21 heavy (non-hydrogen) atoms. The first-order valence-corrected chi connectivity index (χ1v) is 7.27. The quantitative estimate of drug-likeness (QED) is 0.837. The number of β-amino-alcohol motifs (C(OH)–C–C–N with tert-alkyl or cyclic N) is 1. The van der Waals surface area contributed by atoms with Crippen molar-refractivity contribution in [2.45, 2.75) is 19.4 Å². The lowest BCUT2D eigenvalue weighted by molar-refractivity contribution is 0.0345. The van der Waals surface area contributed by atoms with E-state index in [0.717, 1.165) is 31.9 Å². The molecule has 1 aromatic rings. The summed E-state index contributed by atoms with van der Waals surface area (Å²) in [4.78, 5) is 20.2. The smallest absolute Gasteiger partial charge is 0.269 e. The fourth-order valence-corrected chi connectivity index (χ4v) is 2.58. The molecule has 0 spiro atoms. The van der Waals surface area contributed by atoms with Gasteiger partial charge in [-0.2, -0.15) is 0 Å². The van der Waals surface area contributed by atoms with Crippen LogP contribution in [0.1, 0.15) is 24.3 Å². The van der Waals surface area contributed by atoms with Crippen molar-refractivity contribution in [3.8, 4) is 0 Å². The molecule has 1 amide bonds. The van der Waals surface area contributed by atoms with Gasteiger partial charge in [0, 0.05) is 51.7 Å². The van der Waals surface area contributed by atoms with Crippen LogP contribution in [0.15, 0.2) is 18.3 Å². The van der Waals surface area contributed by atoms with Gasteiger partial charge in [0.1, 0.15) is 5.69 Å². The number of piperazine rings is 1. The Hall–Kier alpha value is -1.66. The summed E-state index contributed by atoms with van der Waals surface area (Å²) in [6, 6.07) is 3.75. The minimum atomic E-state index is -0.661. The van der Waals surface area contributed by atoms with Crippen LogP contribution in [0.3, 0.4) is 0 Å². The van der Waals surface area contributed by atoms with Gasteiger partial charge in [0.2, 0.25) is 0 Å². The van der Waals surface area contributed by atoms with Crippen LogP contribution in [0.2, 0.25) is 0 Å². The zero-order valence-corrected chi connectivity index (χ0v) is 13.0. The second-order valence-corrected chi connectivity index (χ2v) is 6.05. The minimum absolute atomic E-state index is 0.169. The molecule has 0 aliphatic carbocycles. The molecule has 1 aromatic heterocycles. The zero-order chi connectivity index (χ0) is 15.5. The Balaban J connectivity index is 1.97. The number of rotatable bonds is 4. The van der Waals surface area contributed by atoms with Gasteiger partial charge in [0.05, 0.1) is 5.60 Å². The van der Waals surface area contributed by atoms with E-state index >= 15 is 0 Å². The number of hydrogen-bond donors (Lipinski definition) is 2. The molecule has 6 heteroatoms. The van der Waals surface area contributed by atoms with Crippen LogP contribution in [0, 0.1) is 0 Å². The van der Waals surface area contributed by atoms with Gasteiger partial charge >= 0.3 is 0 Å². The van der Waals surface area contributed by atoms with Gasteiger partial charge in [-0.05, 0) is 26.0 Å². The van der Waals surface area contributed by atoms with Crippen molar-refractivity contribution in [3.05, 3.63) is 24.0 Å². The Morgan fingerprint density at radius 1 is 1.38 bits per heavy atom. The highest BCUT2D eigenvalue weighted by atomic mass is 16.3. The van der Waals surface area contributed by atoms with Gasteiger partial charge in [0.15, 0.2) is 0 Å². The first-order valence-electron chi connectivity index (χ1n) is 7.27. The Labute approximate surface area is 125 Å². The minimum Gasteiger partial charge on any atom is -0.389 e. The van der Waals surface area contributed by atoms with Crippen LogP contribution in [0.4, 0.5) is 5.69 Å². The van der Waals surface area contributed by atoms with Crippen molar-refractivity contribution in [1.82, 2.24) is 15.2 Å². The van der Waals surface area contributed by atoms with E-state index in [1.165, 1.54) is 0 Å². The fraction of sp³-hybridized carbons (Fsp3) is 0.600. The number of aromatic nitrogens is 1. The summed E-state index contributed by atoms with van der Waals surface area (Å²) in [6.07, 6.45) is 1.67. The summed E-state index contributed by atoms with van der Waals surface area (Å²) in [5.41, 5.74) is 0.797. The lowest BCUT2D eigenvalue weighted by atomic mass is 10.1. The number of hydrogen-bond acceptors (Lipinski definition) is 5. The fourth-order valence-electron chi connectivity index (χ4n) is 2.58. The number of anilines is 1. The highest BCUT2D eigenvalue weighted by molar-refractivity contribution is 5.92. The zero-order valence-electron chi connectivity index (χ0n) is 13.0. The largest absolute Gasteiger partial charge is 0.389 e. The molecule has 2 rings (SSSR count). The van der Waals surface area contributed by atoms with E-state index in [1.54, 1.807) is 13.2 Å². The highest BCUT2D eigenvalue weighted by Crippen LogP contribution is 2.17. The van der Waals surface area contributed by atoms with E-state index in [4.69, 9.17) is 0 Å². The van der Waals surface area contributed by atoms with Gasteiger partial charge in [-0.1, -0.05) is 0 Å². The molecule has 1 saturated heterocycles. The summed E-state index contributed by atoms with van der Waals surface area (Å²) in [6.45, 7) is 7.92. The molecule has 0 atom stereocenters. The molecule has 1 fully saturated rings. The van der Waals surface area contributed by atoms with Gasteiger partial charge in [-0.25, -0.2) is 0 Å².